The quantitative estimate of drug-likeness (QED) is 0.170. The standard InChI is InChI=1S/C52H33NOS/c1-2-15-35(16-3-1)39-32-31-36(38-23-12-18-34-17-4-5-19-37(34)38)33-46(39)53(45-26-14-30-50-52(45)43-22-8-11-29-49(43)55-50)44-25-9-6-20-40(44)41-24-13-28-48-51(41)42-21-7-10-27-47(42)54-48/h1-33H. The van der Waals surface area contributed by atoms with E-state index in [1.54, 1.807) is 0 Å². The number of anilines is 3. The highest BCUT2D eigenvalue weighted by Crippen LogP contribution is 2.51. The SMILES string of the molecule is c1ccc(-c2ccc(-c3cccc4ccccc34)cc2N(c2ccccc2-c2cccc3oc4ccccc4c23)c2cccc3sc4ccccc4c23)cc1. The van der Waals surface area contributed by atoms with Gasteiger partial charge in [-0.15, -0.1) is 11.3 Å². The molecule has 2 heterocycles. The van der Waals surface area contributed by atoms with Crippen molar-refractivity contribution < 1.29 is 4.42 Å². The van der Waals surface area contributed by atoms with Gasteiger partial charge in [0.25, 0.3) is 0 Å². The van der Waals surface area contributed by atoms with Crippen LogP contribution in [0.25, 0.3) is 86.3 Å². The highest BCUT2D eigenvalue weighted by Gasteiger charge is 2.25. The molecule has 9 aromatic carbocycles. The third-order valence-electron chi connectivity index (χ3n) is 10.9. The zero-order chi connectivity index (χ0) is 36.3. The molecule has 0 radical (unpaired) electrons. The first-order chi connectivity index (χ1) is 27.3. The minimum absolute atomic E-state index is 0.883. The molecule has 0 N–H and O–H groups in total. The Morgan fingerprint density at radius 1 is 0.345 bits per heavy atom. The van der Waals surface area contributed by atoms with E-state index in [1.807, 2.05) is 17.4 Å². The van der Waals surface area contributed by atoms with Crippen LogP contribution in [0.4, 0.5) is 17.1 Å². The van der Waals surface area contributed by atoms with Crippen molar-refractivity contribution in [3.05, 3.63) is 200 Å². The van der Waals surface area contributed by atoms with E-state index < -0.39 is 0 Å². The van der Waals surface area contributed by atoms with Crippen molar-refractivity contribution in [2.24, 2.45) is 0 Å². The predicted molar refractivity (Wildman–Crippen MR) is 235 cm³/mol. The Labute approximate surface area is 322 Å². The summed E-state index contributed by atoms with van der Waals surface area (Å²) in [6.45, 7) is 0. The lowest BCUT2D eigenvalue weighted by Gasteiger charge is -2.31. The first-order valence-corrected chi connectivity index (χ1v) is 19.5. The molecule has 11 aromatic rings. The molecule has 0 amide bonds. The number of hydrogen-bond acceptors (Lipinski definition) is 3. The minimum Gasteiger partial charge on any atom is -0.456 e. The van der Waals surface area contributed by atoms with Crippen molar-refractivity contribution in [2.75, 3.05) is 4.90 Å². The summed E-state index contributed by atoms with van der Waals surface area (Å²) in [6, 6.07) is 72.4. The molecule has 258 valence electrons. The van der Waals surface area contributed by atoms with Crippen LogP contribution in [0.3, 0.4) is 0 Å². The summed E-state index contributed by atoms with van der Waals surface area (Å²) < 4.78 is 8.98. The average Bonchev–Trinajstić information content (AvgIpc) is 3.83. The second-order valence-electron chi connectivity index (χ2n) is 14.0. The number of thiophene rings is 1. The molecule has 0 spiro atoms. The zero-order valence-electron chi connectivity index (χ0n) is 29.8. The fraction of sp³-hybridized carbons (Fsp3) is 0. The number of hydrogen-bond donors (Lipinski definition) is 0. The van der Waals surface area contributed by atoms with Gasteiger partial charge in [-0.3, -0.25) is 0 Å². The molecular formula is C52H33NOS. The molecule has 0 aliphatic rings. The third kappa shape index (κ3) is 5.16. The monoisotopic (exact) mass is 719 g/mol. The third-order valence-corrected chi connectivity index (χ3v) is 12.0. The van der Waals surface area contributed by atoms with Gasteiger partial charge in [0.1, 0.15) is 11.2 Å². The smallest absolute Gasteiger partial charge is 0.136 e. The van der Waals surface area contributed by atoms with Gasteiger partial charge in [-0.1, -0.05) is 158 Å². The maximum atomic E-state index is 6.44. The Kier molecular flexibility index (Phi) is 7.39. The molecule has 0 bridgehead atoms. The maximum absolute atomic E-state index is 6.44. The topological polar surface area (TPSA) is 16.4 Å². The van der Waals surface area contributed by atoms with Crippen molar-refractivity contribution in [1.82, 2.24) is 0 Å². The van der Waals surface area contributed by atoms with E-state index in [1.165, 1.54) is 42.1 Å². The molecule has 0 aliphatic heterocycles. The summed E-state index contributed by atoms with van der Waals surface area (Å²) >= 11 is 1.85. The first kappa shape index (κ1) is 31.6. The lowest BCUT2D eigenvalue weighted by molar-refractivity contribution is 0.669. The molecule has 0 aliphatic carbocycles. The van der Waals surface area contributed by atoms with Crippen molar-refractivity contribution in [1.29, 1.82) is 0 Å². The fourth-order valence-corrected chi connectivity index (χ4v) is 9.58. The average molecular weight is 720 g/mol. The molecule has 11 rings (SSSR count). The Bertz CT molecular complexity index is 3220. The van der Waals surface area contributed by atoms with Crippen molar-refractivity contribution in [3.63, 3.8) is 0 Å². The molecule has 55 heavy (non-hydrogen) atoms. The number of para-hydroxylation sites is 2. The van der Waals surface area contributed by atoms with Crippen LogP contribution < -0.4 is 4.90 Å². The van der Waals surface area contributed by atoms with E-state index in [4.69, 9.17) is 4.42 Å². The summed E-state index contributed by atoms with van der Waals surface area (Å²) in [5.74, 6) is 0. The van der Waals surface area contributed by atoms with Gasteiger partial charge >= 0.3 is 0 Å². The van der Waals surface area contributed by atoms with Gasteiger partial charge in [0, 0.05) is 42.1 Å². The lowest BCUT2D eigenvalue weighted by Crippen LogP contribution is -2.13. The van der Waals surface area contributed by atoms with Crippen LogP contribution in [0.2, 0.25) is 0 Å². The van der Waals surface area contributed by atoms with Gasteiger partial charge in [0.2, 0.25) is 0 Å². The molecule has 0 fully saturated rings. The molecule has 0 atom stereocenters. The van der Waals surface area contributed by atoms with Crippen molar-refractivity contribution in [3.8, 4) is 33.4 Å². The first-order valence-electron chi connectivity index (χ1n) is 18.7. The largest absolute Gasteiger partial charge is 0.456 e. The highest BCUT2D eigenvalue weighted by molar-refractivity contribution is 7.26. The second kappa shape index (κ2) is 12.9. The van der Waals surface area contributed by atoms with E-state index in [0.717, 1.165) is 61.3 Å². The van der Waals surface area contributed by atoms with Gasteiger partial charge in [-0.25, -0.2) is 0 Å². The molecular weight excluding hydrogens is 687 g/mol. The molecule has 3 heteroatoms. The molecule has 0 saturated carbocycles. The van der Waals surface area contributed by atoms with Gasteiger partial charge in [0.05, 0.1) is 17.1 Å². The fourth-order valence-electron chi connectivity index (χ4n) is 8.45. The lowest BCUT2D eigenvalue weighted by atomic mass is 9.92. The maximum Gasteiger partial charge on any atom is 0.136 e. The summed E-state index contributed by atoms with van der Waals surface area (Å²) in [5.41, 5.74) is 12.1. The second-order valence-corrected chi connectivity index (χ2v) is 15.1. The van der Waals surface area contributed by atoms with E-state index in [2.05, 4.69) is 199 Å². The van der Waals surface area contributed by atoms with Crippen LogP contribution in [0.5, 0.6) is 0 Å². The van der Waals surface area contributed by atoms with E-state index >= 15 is 0 Å². The van der Waals surface area contributed by atoms with Crippen LogP contribution in [-0.2, 0) is 0 Å². The Morgan fingerprint density at radius 3 is 1.91 bits per heavy atom. The Hall–Kier alpha value is -6.94. The molecule has 0 unspecified atom stereocenters. The summed E-state index contributed by atoms with van der Waals surface area (Å²) in [6.07, 6.45) is 0. The highest BCUT2D eigenvalue weighted by atomic mass is 32.1. The van der Waals surface area contributed by atoms with E-state index in [-0.39, 0.29) is 0 Å². The number of nitrogens with zero attached hydrogens (tertiary/aromatic N) is 1. The van der Waals surface area contributed by atoms with Crippen LogP contribution in [0, 0.1) is 0 Å². The number of fused-ring (bicyclic) bond motifs is 7. The van der Waals surface area contributed by atoms with Gasteiger partial charge in [0.15, 0.2) is 0 Å². The zero-order valence-corrected chi connectivity index (χ0v) is 30.6. The van der Waals surface area contributed by atoms with Gasteiger partial charge in [-0.05, 0) is 75.5 Å². The number of furan rings is 1. The summed E-state index contributed by atoms with van der Waals surface area (Å²) in [4.78, 5) is 2.52. The van der Waals surface area contributed by atoms with Crippen molar-refractivity contribution in [2.45, 2.75) is 0 Å². The van der Waals surface area contributed by atoms with Crippen molar-refractivity contribution >= 4 is 81.3 Å². The normalized spacial score (nSPS) is 11.6. The van der Waals surface area contributed by atoms with Gasteiger partial charge < -0.3 is 9.32 Å². The summed E-state index contributed by atoms with van der Waals surface area (Å²) in [5, 5.41) is 7.21. The van der Waals surface area contributed by atoms with Crippen LogP contribution >= 0.6 is 11.3 Å². The molecule has 2 aromatic heterocycles. The van der Waals surface area contributed by atoms with E-state index in [0.29, 0.717) is 0 Å². The molecule has 0 saturated heterocycles. The molecule has 2 nitrogen and oxygen atoms in total. The van der Waals surface area contributed by atoms with Crippen LogP contribution in [-0.4, -0.2) is 0 Å². The minimum atomic E-state index is 0.883. The summed E-state index contributed by atoms with van der Waals surface area (Å²) in [7, 11) is 0. The Balaban J connectivity index is 1.27. The van der Waals surface area contributed by atoms with Crippen LogP contribution in [0.1, 0.15) is 0 Å². The number of benzene rings is 9. The Morgan fingerprint density at radius 2 is 0.982 bits per heavy atom. The van der Waals surface area contributed by atoms with Gasteiger partial charge in [-0.2, -0.15) is 0 Å². The van der Waals surface area contributed by atoms with Crippen LogP contribution in [0.15, 0.2) is 205 Å². The number of rotatable bonds is 6. The van der Waals surface area contributed by atoms with E-state index in [9.17, 15) is 0 Å². The predicted octanol–water partition coefficient (Wildman–Crippen LogP) is 15.6.